The van der Waals surface area contributed by atoms with Crippen molar-refractivity contribution >= 4 is 40.0 Å². The fraction of sp³-hybridized carbons (Fsp3) is 0.211. The van der Waals surface area contributed by atoms with E-state index in [9.17, 15) is 14.4 Å². The summed E-state index contributed by atoms with van der Waals surface area (Å²) in [5, 5.41) is 3.41. The van der Waals surface area contributed by atoms with Crippen molar-refractivity contribution in [3.05, 3.63) is 72.8 Å². The lowest BCUT2D eigenvalue weighted by Gasteiger charge is -2.12. The van der Waals surface area contributed by atoms with E-state index in [4.69, 9.17) is 27.9 Å². The number of ether oxygens (including phenoxy) is 1. The van der Waals surface area contributed by atoms with E-state index in [0.717, 1.165) is 5.56 Å². The number of amides is 1. The number of aromatic nitrogens is 2. The number of carbonyl (C=O) groups is 1. The number of hydrogen-bond donors (Lipinski definition) is 2. The van der Waals surface area contributed by atoms with E-state index in [1.54, 1.807) is 12.1 Å². The Morgan fingerprint density at radius 1 is 1.21 bits per heavy atom. The topological polar surface area (TPSA) is 93.2 Å². The molecule has 0 aliphatic carbocycles. The van der Waals surface area contributed by atoms with Crippen LogP contribution in [0.1, 0.15) is 12.5 Å². The van der Waals surface area contributed by atoms with Gasteiger partial charge in [0.15, 0.2) is 0 Å². The molecule has 0 saturated heterocycles. The van der Waals surface area contributed by atoms with E-state index >= 15 is 0 Å². The summed E-state index contributed by atoms with van der Waals surface area (Å²) >= 11 is 12.1. The Morgan fingerprint density at radius 3 is 2.75 bits per heavy atom. The largest absolute Gasteiger partial charge is 0.492 e. The standard InChI is InChI=1S/C19H17Cl2N3O4/c1-11(25)22-10-12-3-2-4-14(7-12)28-6-5-24-16-9-13(20)8-15(21)17(16)18(26)23-19(24)27/h2-4,7-9H,5-6,10H2,1H3,(H,22,25)(H,23,26,27). The maximum absolute atomic E-state index is 12.2. The zero-order valence-corrected chi connectivity index (χ0v) is 16.4. The average Bonchev–Trinajstić information content (AvgIpc) is 2.62. The Kier molecular flexibility index (Phi) is 6.06. The van der Waals surface area contributed by atoms with Crippen LogP contribution in [0.4, 0.5) is 0 Å². The smallest absolute Gasteiger partial charge is 0.328 e. The molecule has 0 aliphatic rings. The van der Waals surface area contributed by atoms with Crippen molar-refractivity contribution in [1.82, 2.24) is 14.9 Å². The van der Waals surface area contributed by atoms with Crippen molar-refractivity contribution in [3.63, 3.8) is 0 Å². The number of rotatable bonds is 6. The highest BCUT2D eigenvalue weighted by Gasteiger charge is 2.12. The fourth-order valence-electron chi connectivity index (χ4n) is 2.78. The van der Waals surface area contributed by atoms with Gasteiger partial charge in [0.25, 0.3) is 5.56 Å². The third-order valence-electron chi connectivity index (χ3n) is 4.04. The summed E-state index contributed by atoms with van der Waals surface area (Å²) in [4.78, 5) is 37.6. The molecule has 0 radical (unpaired) electrons. The number of nitrogens with zero attached hydrogens (tertiary/aromatic N) is 1. The molecule has 1 amide bonds. The van der Waals surface area contributed by atoms with Gasteiger partial charge in [-0.05, 0) is 29.8 Å². The summed E-state index contributed by atoms with van der Waals surface area (Å²) in [6, 6.07) is 10.2. The molecule has 9 heteroatoms. The third-order valence-corrected chi connectivity index (χ3v) is 4.56. The van der Waals surface area contributed by atoms with Crippen LogP contribution in [0.15, 0.2) is 46.0 Å². The normalized spacial score (nSPS) is 10.8. The molecule has 2 aromatic carbocycles. The Hall–Kier alpha value is -2.77. The summed E-state index contributed by atoms with van der Waals surface area (Å²) in [7, 11) is 0. The number of nitrogens with one attached hydrogen (secondary N) is 2. The minimum absolute atomic E-state index is 0.118. The van der Waals surface area contributed by atoms with Crippen LogP contribution in [-0.4, -0.2) is 22.1 Å². The van der Waals surface area contributed by atoms with Crippen molar-refractivity contribution in [2.75, 3.05) is 6.61 Å². The van der Waals surface area contributed by atoms with Crippen molar-refractivity contribution in [1.29, 1.82) is 0 Å². The molecule has 0 atom stereocenters. The van der Waals surface area contributed by atoms with Gasteiger partial charge in [0, 0.05) is 18.5 Å². The first kappa shape index (κ1) is 20.0. The van der Waals surface area contributed by atoms with Crippen LogP contribution >= 0.6 is 23.2 Å². The van der Waals surface area contributed by atoms with Crippen LogP contribution in [0.5, 0.6) is 5.75 Å². The van der Waals surface area contributed by atoms with Crippen molar-refractivity contribution in [2.45, 2.75) is 20.0 Å². The molecule has 0 saturated carbocycles. The first-order valence-electron chi connectivity index (χ1n) is 8.43. The highest BCUT2D eigenvalue weighted by Crippen LogP contribution is 2.24. The molecule has 0 bridgehead atoms. The third kappa shape index (κ3) is 4.55. The van der Waals surface area contributed by atoms with Crippen molar-refractivity contribution in [2.24, 2.45) is 0 Å². The van der Waals surface area contributed by atoms with Gasteiger partial charge in [-0.3, -0.25) is 19.1 Å². The van der Waals surface area contributed by atoms with Gasteiger partial charge in [-0.2, -0.15) is 0 Å². The van der Waals surface area contributed by atoms with Gasteiger partial charge in [0.2, 0.25) is 5.91 Å². The maximum atomic E-state index is 12.2. The van der Waals surface area contributed by atoms with Gasteiger partial charge in [-0.25, -0.2) is 4.79 Å². The monoisotopic (exact) mass is 421 g/mol. The molecule has 1 heterocycles. The Balaban J connectivity index is 1.80. The fourth-order valence-corrected chi connectivity index (χ4v) is 3.35. The van der Waals surface area contributed by atoms with Crippen LogP contribution in [0.2, 0.25) is 10.0 Å². The highest BCUT2D eigenvalue weighted by atomic mass is 35.5. The molecule has 3 aromatic rings. The van der Waals surface area contributed by atoms with Crippen LogP contribution < -0.4 is 21.3 Å². The van der Waals surface area contributed by atoms with Gasteiger partial charge in [-0.1, -0.05) is 35.3 Å². The zero-order chi connectivity index (χ0) is 20.3. The van der Waals surface area contributed by atoms with E-state index in [2.05, 4.69) is 10.3 Å². The number of H-pyrrole nitrogens is 1. The van der Waals surface area contributed by atoms with Crippen LogP contribution in [0.3, 0.4) is 0 Å². The molecule has 7 nitrogen and oxygen atoms in total. The van der Waals surface area contributed by atoms with Gasteiger partial charge in [0.1, 0.15) is 12.4 Å². The molecule has 0 aliphatic heterocycles. The minimum atomic E-state index is -0.571. The van der Waals surface area contributed by atoms with E-state index in [1.807, 2.05) is 12.1 Å². The average molecular weight is 422 g/mol. The van der Waals surface area contributed by atoms with E-state index in [0.29, 0.717) is 22.8 Å². The molecule has 28 heavy (non-hydrogen) atoms. The molecule has 0 unspecified atom stereocenters. The quantitative estimate of drug-likeness (QED) is 0.639. The van der Waals surface area contributed by atoms with Crippen molar-refractivity contribution in [3.8, 4) is 5.75 Å². The first-order chi connectivity index (χ1) is 13.3. The van der Waals surface area contributed by atoms with Gasteiger partial charge in [-0.15, -0.1) is 0 Å². The Bertz CT molecular complexity index is 1150. The van der Waals surface area contributed by atoms with Gasteiger partial charge in [0.05, 0.1) is 22.5 Å². The molecule has 3 rings (SSSR count). The summed E-state index contributed by atoms with van der Waals surface area (Å²) < 4.78 is 7.08. The summed E-state index contributed by atoms with van der Waals surface area (Å²) in [5.41, 5.74) is 0.0931. The lowest BCUT2D eigenvalue weighted by Crippen LogP contribution is -2.32. The predicted molar refractivity (Wildman–Crippen MR) is 108 cm³/mol. The number of halogens is 2. The van der Waals surface area contributed by atoms with E-state index in [1.165, 1.54) is 23.6 Å². The lowest BCUT2D eigenvalue weighted by atomic mass is 10.2. The number of benzene rings is 2. The summed E-state index contributed by atoms with van der Waals surface area (Å²) in [5.74, 6) is 0.480. The number of fused-ring (bicyclic) bond motifs is 1. The lowest BCUT2D eigenvalue weighted by molar-refractivity contribution is -0.119. The summed E-state index contributed by atoms with van der Waals surface area (Å²) in [6.45, 7) is 2.20. The summed E-state index contributed by atoms with van der Waals surface area (Å²) in [6.07, 6.45) is 0. The second-order valence-electron chi connectivity index (χ2n) is 6.10. The van der Waals surface area contributed by atoms with Crippen LogP contribution in [0, 0.1) is 0 Å². The molecular formula is C19H17Cl2N3O4. The molecular weight excluding hydrogens is 405 g/mol. The molecule has 0 spiro atoms. The number of aromatic amines is 1. The second-order valence-corrected chi connectivity index (χ2v) is 6.94. The van der Waals surface area contributed by atoms with Gasteiger partial charge >= 0.3 is 5.69 Å². The van der Waals surface area contributed by atoms with Gasteiger partial charge < -0.3 is 10.1 Å². The highest BCUT2D eigenvalue weighted by molar-refractivity contribution is 6.38. The van der Waals surface area contributed by atoms with Crippen molar-refractivity contribution < 1.29 is 9.53 Å². The van der Waals surface area contributed by atoms with E-state index < -0.39 is 11.2 Å². The molecule has 0 fully saturated rings. The number of hydrogen-bond acceptors (Lipinski definition) is 4. The Labute approximate surface area is 169 Å². The number of carbonyl (C=O) groups excluding carboxylic acids is 1. The second kappa shape index (κ2) is 8.50. The van der Waals surface area contributed by atoms with Crippen LogP contribution in [-0.2, 0) is 17.9 Å². The van der Waals surface area contributed by atoms with E-state index in [-0.39, 0.29) is 29.5 Å². The maximum Gasteiger partial charge on any atom is 0.328 e. The SMILES string of the molecule is CC(=O)NCc1cccc(OCCn2c(=O)[nH]c(=O)c3c(Cl)cc(Cl)cc32)c1. The molecule has 146 valence electrons. The first-order valence-corrected chi connectivity index (χ1v) is 9.19. The predicted octanol–water partition coefficient (Wildman–Crippen LogP) is 2.71. The zero-order valence-electron chi connectivity index (χ0n) is 14.9. The Morgan fingerprint density at radius 2 is 2.00 bits per heavy atom. The molecule has 1 aromatic heterocycles. The van der Waals surface area contributed by atoms with Crippen LogP contribution in [0.25, 0.3) is 10.9 Å². The molecule has 2 N–H and O–H groups in total. The minimum Gasteiger partial charge on any atom is -0.492 e.